The van der Waals surface area contributed by atoms with Crippen LogP contribution in [-0.4, -0.2) is 42.2 Å². The highest BCUT2D eigenvalue weighted by Crippen LogP contribution is 2.44. The number of carbonyl (C=O) groups excluding carboxylic acids is 1. The standard InChI is InChI=1S/C13H16F2N2O3/c14-10(15)6-20-11-5-9(1-4-16-11)12(19)17-7-13(8-18)2-3-13/h1,4-5,10,18H,2-3,6-8H2,(H,17,19). The lowest BCUT2D eigenvalue weighted by Gasteiger charge is -2.13. The normalized spacial score (nSPS) is 16.0. The Balaban J connectivity index is 1.90. The molecule has 0 spiro atoms. The summed E-state index contributed by atoms with van der Waals surface area (Å²) in [5.41, 5.74) is 0.107. The second kappa shape index (κ2) is 6.13. The lowest BCUT2D eigenvalue weighted by atomic mass is 10.1. The number of rotatable bonds is 7. The van der Waals surface area contributed by atoms with Crippen LogP contribution in [0.3, 0.4) is 0 Å². The van der Waals surface area contributed by atoms with E-state index < -0.39 is 13.0 Å². The van der Waals surface area contributed by atoms with Crippen LogP contribution in [-0.2, 0) is 0 Å². The van der Waals surface area contributed by atoms with E-state index in [-0.39, 0.29) is 29.4 Å². The molecule has 1 aliphatic rings. The molecule has 0 aliphatic heterocycles. The van der Waals surface area contributed by atoms with Gasteiger partial charge in [0.05, 0.1) is 6.61 Å². The van der Waals surface area contributed by atoms with E-state index in [0.717, 1.165) is 12.8 Å². The van der Waals surface area contributed by atoms with Crippen molar-refractivity contribution >= 4 is 5.91 Å². The molecule has 2 N–H and O–H groups in total. The number of nitrogens with zero attached hydrogens (tertiary/aromatic N) is 1. The minimum absolute atomic E-state index is 0.0127. The predicted molar refractivity (Wildman–Crippen MR) is 66.8 cm³/mol. The first kappa shape index (κ1) is 14.6. The summed E-state index contributed by atoms with van der Waals surface area (Å²) in [6.45, 7) is -0.310. The van der Waals surface area contributed by atoms with E-state index in [9.17, 15) is 13.6 Å². The van der Waals surface area contributed by atoms with Gasteiger partial charge in [0.15, 0.2) is 6.61 Å². The molecule has 0 bridgehead atoms. The van der Waals surface area contributed by atoms with Gasteiger partial charge in [-0.05, 0) is 18.9 Å². The number of aliphatic hydroxyl groups is 1. The Hall–Kier alpha value is -1.76. The molecular weight excluding hydrogens is 270 g/mol. The van der Waals surface area contributed by atoms with Gasteiger partial charge < -0.3 is 15.2 Å². The third kappa shape index (κ3) is 3.86. The Morgan fingerprint density at radius 1 is 1.55 bits per heavy atom. The van der Waals surface area contributed by atoms with Gasteiger partial charge in [-0.1, -0.05) is 0 Å². The van der Waals surface area contributed by atoms with Crippen LogP contribution in [0.2, 0.25) is 0 Å². The van der Waals surface area contributed by atoms with Crippen molar-refractivity contribution in [1.82, 2.24) is 10.3 Å². The number of hydrogen-bond acceptors (Lipinski definition) is 4. The molecule has 1 heterocycles. The number of aromatic nitrogens is 1. The molecule has 1 saturated carbocycles. The molecule has 1 aromatic rings. The Labute approximate surface area is 115 Å². The summed E-state index contributed by atoms with van der Waals surface area (Å²) in [5.74, 6) is -0.352. The van der Waals surface area contributed by atoms with Crippen LogP contribution in [0.4, 0.5) is 8.78 Å². The molecular formula is C13H16F2N2O3. The molecule has 1 amide bonds. The van der Waals surface area contributed by atoms with E-state index in [0.29, 0.717) is 6.54 Å². The molecule has 0 saturated heterocycles. The third-order valence-corrected chi connectivity index (χ3v) is 3.27. The maximum Gasteiger partial charge on any atom is 0.272 e. The Bertz CT molecular complexity index is 478. The van der Waals surface area contributed by atoms with Crippen LogP contribution in [0.5, 0.6) is 5.88 Å². The second-order valence-corrected chi connectivity index (χ2v) is 4.93. The van der Waals surface area contributed by atoms with E-state index in [1.165, 1.54) is 18.3 Å². The maximum absolute atomic E-state index is 12.0. The van der Waals surface area contributed by atoms with E-state index in [4.69, 9.17) is 9.84 Å². The molecule has 0 radical (unpaired) electrons. The van der Waals surface area contributed by atoms with Crippen LogP contribution in [0.1, 0.15) is 23.2 Å². The third-order valence-electron chi connectivity index (χ3n) is 3.27. The maximum atomic E-state index is 12.0. The second-order valence-electron chi connectivity index (χ2n) is 4.93. The highest BCUT2D eigenvalue weighted by Gasteiger charge is 2.42. The SMILES string of the molecule is O=C(NCC1(CO)CC1)c1ccnc(OCC(F)F)c1. The predicted octanol–water partition coefficient (Wildman–Crippen LogP) is 1.23. The highest BCUT2D eigenvalue weighted by molar-refractivity contribution is 5.94. The largest absolute Gasteiger partial charge is 0.472 e. The molecule has 5 nitrogen and oxygen atoms in total. The van der Waals surface area contributed by atoms with Gasteiger partial charge in [-0.15, -0.1) is 0 Å². The topological polar surface area (TPSA) is 71.5 Å². The zero-order valence-corrected chi connectivity index (χ0v) is 10.8. The Morgan fingerprint density at radius 3 is 2.90 bits per heavy atom. The number of amides is 1. The summed E-state index contributed by atoms with van der Waals surface area (Å²) < 4.78 is 28.8. The van der Waals surface area contributed by atoms with Crippen LogP contribution >= 0.6 is 0 Å². The fourth-order valence-electron chi connectivity index (χ4n) is 1.72. The van der Waals surface area contributed by atoms with Crippen LogP contribution in [0.15, 0.2) is 18.3 Å². The molecule has 20 heavy (non-hydrogen) atoms. The van der Waals surface area contributed by atoms with E-state index >= 15 is 0 Å². The first-order valence-electron chi connectivity index (χ1n) is 6.31. The highest BCUT2D eigenvalue weighted by atomic mass is 19.3. The number of alkyl halides is 2. The molecule has 0 aromatic carbocycles. The summed E-state index contributed by atoms with van der Waals surface area (Å²) >= 11 is 0. The number of nitrogens with one attached hydrogen (secondary N) is 1. The van der Waals surface area contributed by atoms with Crippen molar-refractivity contribution in [3.8, 4) is 5.88 Å². The fourth-order valence-corrected chi connectivity index (χ4v) is 1.72. The summed E-state index contributed by atoms with van der Waals surface area (Å²) in [5, 5.41) is 11.9. The van der Waals surface area contributed by atoms with Crippen molar-refractivity contribution < 1.29 is 23.4 Å². The van der Waals surface area contributed by atoms with E-state index in [1.807, 2.05) is 0 Å². The van der Waals surface area contributed by atoms with Crippen molar-refractivity contribution in [3.63, 3.8) is 0 Å². The lowest BCUT2D eigenvalue weighted by Crippen LogP contribution is -2.31. The zero-order chi connectivity index (χ0) is 14.6. The van der Waals surface area contributed by atoms with Crippen LogP contribution in [0.25, 0.3) is 0 Å². The molecule has 2 rings (SSSR count). The van der Waals surface area contributed by atoms with Gasteiger partial charge in [-0.3, -0.25) is 4.79 Å². The van der Waals surface area contributed by atoms with Crippen molar-refractivity contribution in [2.24, 2.45) is 5.41 Å². The van der Waals surface area contributed by atoms with Gasteiger partial charge in [0, 0.05) is 29.8 Å². The van der Waals surface area contributed by atoms with Gasteiger partial charge in [0.1, 0.15) is 0 Å². The van der Waals surface area contributed by atoms with Crippen molar-refractivity contribution in [2.45, 2.75) is 19.3 Å². The Kier molecular flexibility index (Phi) is 4.49. The smallest absolute Gasteiger partial charge is 0.272 e. The molecule has 1 aliphatic carbocycles. The molecule has 110 valence electrons. The number of halogens is 2. The van der Waals surface area contributed by atoms with Gasteiger partial charge in [0.25, 0.3) is 12.3 Å². The lowest BCUT2D eigenvalue weighted by molar-refractivity contribution is 0.0794. The molecule has 7 heteroatoms. The Morgan fingerprint density at radius 2 is 2.30 bits per heavy atom. The first-order chi connectivity index (χ1) is 9.54. The van der Waals surface area contributed by atoms with Crippen molar-refractivity contribution in [2.75, 3.05) is 19.8 Å². The number of pyridine rings is 1. The number of carbonyl (C=O) groups is 1. The van der Waals surface area contributed by atoms with Gasteiger partial charge in [0.2, 0.25) is 5.88 Å². The number of aliphatic hydroxyl groups excluding tert-OH is 1. The van der Waals surface area contributed by atoms with E-state index in [2.05, 4.69) is 10.3 Å². The first-order valence-corrected chi connectivity index (χ1v) is 6.31. The minimum atomic E-state index is -2.59. The zero-order valence-electron chi connectivity index (χ0n) is 10.8. The molecule has 1 aromatic heterocycles. The summed E-state index contributed by atoms with van der Waals surface area (Å²) in [6.07, 6.45) is 0.522. The number of ether oxygens (including phenoxy) is 1. The average Bonchev–Trinajstić information content (AvgIpc) is 3.23. The average molecular weight is 286 g/mol. The number of hydrogen-bond donors (Lipinski definition) is 2. The molecule has 0 unspecified atom stereocenters. The van der Waals surface area contributed by atoms with Gasteiger partial charge in [-0.2, -0.15) is 0 Å². The summed E-state index contributed by atoms with van der Waals surface area (Å²) in [6, 6.07) is 2.79. The van der Waals surface area contributed by atoms with Gasteiger partial charge >= 0.3 is 0 Å². The van der Waals surface area contributed by atoms with E-state index in [1.54, 1.807) is 0 Å². The molecule has 0 atom stereocenters. The summed E-state index contributed by atoms with van der Waals surface area (Å²) in [4.78, 5) is 15.7. The summed E-state index contributed by atoms with van der Waals surface area (Å²) in [7, 11) is 0. The van der Waals surface area contributed by atoms with Crippen molar-refractivity contribution in [3.05, 3.63) is 23.9 Å². The fraction of sp³-hybridized carbons (Fsp3) is 0.538. The van der Waals surface area contributed by atoms with Gasteiger partial charge in [-0.25, -0.2) is 13.8 Å². The van der Waals surface area contributed by atoms with Crippen LogP contribution in [0, 0.1) is 5.41 Å². The quantitative estimate of drug-likeness (QED) is 0.791. The molecule has 1 fully saturated rings. The van der Waals surface area contributed by atoms with Crippen LogP contribution < -0.4 is 10.1 Å². The minimum Gasteiger partial charge on any atom is -0.472 e. The van der Waals surface area contributed by atoms with Crippen molar-refractivity contribution in [1.29, 1.82) is 0 Å². The monoisotopic (exact) mass is 286 g/mol.